The van der Waals surface area contributed by atoms with Crippen molar-refractivity contribution in [1.29, 1.82) is 0 Å². The molecule has 1 N–H and O–H groups in total. The maximum Gasteiger partial charge on any atom is 0.240 e. The van der Waals surface area contributed by atoms with Crippen molar-refractivity contribution in [2.45, 2.75) is 38.6 Å². The fraction of sp³-hybridized carbons (Fsp3) is 0.421. The molecule has 6 nitrogen and oxygen atoms in total. The van der Waals surface area contributed by atoms with Gasteiger partial charge in [-0.25, -0.2) is 4.98 Å². The van der Waals surface area contributed by atoms with Gasteiger partial charge in [-0.05, 0) is 37.5 Å². The minimum Gasteiger partial charge on any atom is -0.348 e. The number of imidazole rings is 1. The number of rotatable bonds is 5. The van der Waals surface area contributed by atoms with E-state index in [9.17, 15) is 9.59 Å². The van der Waals surface area contributed by atoms with Gasteiger partial charge in [0, 0.05) is 31.0 Å². The standard InChI is InChI=1S/C19H24N4O2/c1-15(16-6-8-17(9-7-16)23-12-10-20-14-23)21-18(24)13-22-11-4-2-3-5-19(22)25/h6-10,12,14-15H,2-5,11,13H2,1H3,(H,21,24)/t15-/m1/s1. The molecule has 2 heterocycles. The van der Waals surface area contributed by atoms with Crippen LogP contribution in [-0.4, -0.2) is 39.4 Å². The van der Waals surface area contributed by atoms with E-state index in [4.69, 9.17) is 0 Å². The topological polar surface area (TPSA) is 67.2 Å². The first-order chi connectivity index (χ1) is 12.1. The summed E-state index contributed by atoms with van der Waals surface area (Å²) in [6.45, 7) is 2.78. The van der Waals surface area contributed by atoms with Gasteiger partial charge in [-0.1, -0.05) is 18.6 Å². The Labute approximate surface area is 147 Å². The van der Waals surface area contributed by atoms with Gasteiger partial charge in [-0.2, -0.15) is 0 Å². The Morgan fingerprint density at radius 2 is 2.04 bits per heavy atom. The number of hydrogen-bond donors (Lipinski definition) is 1. The van der Waals surface area contributed by atoms with Crippen molar-refractivity contribution in [3.05, 3.63) is 48.5 Å². The molecular weight excluding hydrogens is 316 g/mol. The van der Waals surface area contributed by atoms with Crippen molar-refractivity contribution in [2.75, 3.05) is 13.1 Å². The second-order valence-corrected chi connectivity index (χ2v) is 6.48. The van der Waals surface area contributed by atoms with Gasteiger partial charge < -0.3 is 14.8 Å². The minimum atomic E-state index is -0.110. The zero-order valence-electron chi connectivity index (χ0n) is 14.5. The summed E-state index contributed by atoms with van der Waals surface area (Å²) in [7, 11) is 0. The van der Waals surface area contributed by atoms with Crippen LogP contribution in [0.15, 0.2) is 43.0 Å². The third-order valence-electron chi connectivity index (χ3n) is 4.58. The number of nitrogens with zero attached hydrogens (tertiary/aromatic N) is 3. The van der Waals surface area contributed by atoms with E-state index in [0.29, 0.717) is 13.0 Å². The van der Waals surface area contributed by atoms with Gasteiger partial charge in [0.05, 0.1) is 18.9 Å². The monoisotopic (exact) mass is 340 g/mol. The molecule has 0 unspecified atom stereocenters. The number of likely N-dealkylation sites (tertiary alicyclic amines) is 1. The highest BCUT2D eigenvalue weighted by atomic mass is 16.2. The van der Waals surface area contributed by atoms with Crippen molar-refractivity contribution < 1.29 is 9.59 Å². The van der Waals surface area contributed by atoms with Gasteiger partial charge in [0.25, 0.3) is 0 Å². The predicted octanol–water partition coefficient (Wildman–Crippen LogP) is 2.45. The van der Waals surface area contributed by atoms with Crippen LogP contribution in [0.5, 0.6) is 0 Å². The van der Waals surface area contributed by atoms with E-state index in [2.05, 4.69) is 10.3 Å². The largest absolute Gasteiger partial charge is 0.348 e. The Balaban J connectivity index is 1.56. The van der Waals surface area contributed by atoms with E-state index in [1.807, 2.05) is 42.0 Å². The summed E-state index contributed by atoms with van der Waals surface area (Å²) in [4.78, 5) is 30.0. The lowest BCUT2D eigenvalue weighted by molar-refractivity contribution is -0.135. The molecule has 25 heavy (non-hydrogen) atoms. The zero-order valence-corrected chi connectivity index (χ0v) is 14.5. The molecule has 1 fully saturated rings. The van der Waals surface area contributed by atoms with Crippen molar-refractivity contribution in [3.8, 4) is 5.69 Å². The molecule has 2 aromatic rings. The van der Waals surface area contributed by atoms with Crippen molar-refractivity contribution >= 4 is 11.8 Å². The molecule has 1 aromatic carbocycles. The highest BCUT2D eigenvalue weighted by Gasteiger charge is 2.20. The molecule has 0 bridgehead atoms. The Morgan fingerprint density at radius 1 is 1.24 bits per heavy atom. The van der Waals surface area contributed by atoms with Crippen LogP contribution >= 0.6 is 0 Å². The summed E-state index contributed by atoms with van der Waals surface area (Å²) in [5.41, 5.74) is 2.05. The predicted molar refractivity (Wildman–Crippen MR) is 95.2 cm³/mol. The Bertz CT molecular complexity index is 710. The highest BCUT2D eigenvalue weighted by Crippen LogP contribution is 2.16. The van der Waals surface area contributed by atoms with E-state index in [-0.39, 0.29) is 24.4 Å². The Kier molecular flexibility index (Phi) is 5.48. The number of hydrogen-bond acceptors (Lipinski definition) is 3. The lowest BCUT2D eigenvalue weighted by atomic mass is 10.1. The highest BCUT2D eigenvalue weighted by molar-refractivity contribution is 5.85. The molecule has 6 heteroatoms. The first kappa shape index (κ1) is 17.2. The summed E-state index contributed by atoms with van der Waals surface area (Å²) in [5.74, 6) is -0.0218. The molecule has 1 aromatic heterocycles. The van der Waals surface area contributed by atoms with Gasteiger partial charge >= 0.3 is 0 Å². The molecule has 1 saturated heterocycles. The Morgan fingerprint density at radius 3 is 2.76 bits per heavy atom. The molecule has 0 saturated carbocycles. The molecule has 0 spiro atoms. The Hall–Kier alpha value is -2.63. The summed E-state index contributed by atoms with van der Waals surface area (Å²) in [6.07, 6.45) is 8.89. The van der Waals surface area contributed by atoms with E-state index >= 15 is 0 Å². The maximum atomic E-state index is 12.3. The molecule has 132 valence electrons. The number of amides is 2. The van der Waals surface area contributed by atoms with Crippen LogP contribution in [0.4, 0.5) is 0 Å². The summed E-state index contributed by atoms with van der Waals surface area (Å²) >= 11 is 0. The van der Waals surface area contributed by atoms with E-state index in [1.54, 1.807) is 17.4 Å². The van der Waals surface area contributed by atoms with E-state index in [1.165, 1.54) is 0 Å². The van der Waals surface area contributed by atoms with Gasteiger partial charge in [0.15, 0.2) is 0 Å². The first-order valence-corrected chi connectivity index (χ1v) is 8.79. The lowest BCUT2D eigenvalue weighted by Gasteiger charge is -2.22. The van der Waals surface area contributed by atoms with Crippen molar-refractivity contribution in [2.24, 2.45) is 0 Å². The summed E-state index contributed by atoms with van der Waals surface area (Å²) in [5, 5.41) is 2.99. The van der Waals surface area contributed by atoms with Crippen molar-refractivity contribution in [3.63, 3.8) is 0 Å². The minimum absolute atomic E-state index is 0.0880. The quantitative estimate of drug-likeness (QED) is 0.909. The number of carbonyl (C=O) groups is 2. The second kappa shape index (κ2) is 7.96. The van der Waals surface area contributed by atoms with Gasteiger partial charge in [-0.3, -0.25) is 9.59 Å². The number of nitrogens with one attached hydrogen (secondary N) is 1. The number of carbonyl (C=O) groups excluding carboxylic acids is 2. The average Bonchev–Trinajstić information content (AvgIpc) is 3.07. The molecule has 1 aliphatic rings. The molecule has 2 amide bonds. The third-order valence-corrected chi connectivity index (χ3v) is 4.58. The van der Waals surface area contributed by atoms with Crippen molar-refractivity contribution in [1.82, 2.24) is 19.8 Å². The first-order valence-electron chi connectivity index (χ1n) is 8.79. The number of benzene rings is 1. The third kappa shape index (κ3) is 4.47. The summed E-state index contributed by atoms with van der Waals surface area (Å²) in [6, 6.07) is 7.89. The van der Waals surface area contributed by atoms with Crippen LogP contribution in [0.2, 0.25) is 0 Å². The van der Waals surface area contributed by atoms with Gasteiger partial charge in [0.1, 0.15) is 0 Å². The summed E-state index contributed by atoms with van der Waals surface area (Å²) < 4.78 is 1.93. The molecule has 3 rings (SSSR count). The van der Waals surface area contributed by atoms with Gasteiger partial charge in [0.2, 0.25) is 11.8 Å². The molecular formula is C19H24N4O2. The van der Waals surface area contributed by atoms with Gasteiger partial charge in [-0.15, -0.1) is 0 Å². The normalized spacial score (nSPS) is 16.4. The molecule has 1 atom stereocenters. The fourth-order valence-electron chi connectivity index (χ4n) is 3.10. The molecule has 0 radical (unpaired) electrons. The molecule has 1 aliphatic heterocycles. The zero-order chi connectivity index (χ0) is 17.6. The van der Waals surface area contributed by atoms with E-state index < -0.39 is 0 Å². The SMILES string of the molecule is C[C@@H](NC(=O)CN1CCCCCC1=O)c1ccc(-n2ccnc2)cc1. The van der Waals surface area contributed by atoms with Crippen LogP contribution < -0.4 is 5.32 Å². The van der Waals surface area contributed by atoms with Crippen LogP contribution in [0, 0.1) is 0 Å². The van der Waals surface area contributed by atoms with Crippen LogP contribution in [0.25, 0.3) is 5.69 Å². The maximum absolute atomic E-state index is 12.3. The second-order valence-electron chi connectivity index (χ2n) is 6.48. The smallest absolute Gasteiger partial charge is 0.240 e. The van der Waals surface area contributed by atoms with Crippen LogP contribution in [0.3, 0.4) is 0 Å². The van der Waals surface area contributed by atoms with Crippen LogP contribution in [0.1, 0.15) is 44.2 Å². The van der Waals surface area contributed by atoms with Crippen LogP contribution in [-0.2, 0) is 9.59 Å². The fourth-order valence-corrected chi connectivity index (χ4v) is 3.10. The molecule has 0 aliphatic carbocycles. The average molecular weight is 340 g/mol. The lowest BCUT2D eigenvalue weighted by Crippen LogP contribution is -2.41. The number of aromatic nitrogens is 2. The van der Waals surface area contributed by atoms with E-state index in [0.717, 1.165) is 30.5 Å².